The normalized spacial score (nSPS) is 14.8. The summed E-state index contributed by atoms with van der Waals surface area (Å²) in [6.45, 7) is 14.2. The zero-order valence-electron chi connectivity index (χ0n) is 26.3. The van der Waals surface area contributed by atoms with E-state index in [1.54, 1.807) is 22.7 Å². The van der Waals surface area contributed by atoms with Gasteiger partial charge in [0.2, 0.25) is 11.8 Å². The molecule has 6 rings (SSSR count). The molecule has 240 valence electrons. The molecule has 0 bridgehead atoms. The van der Waals surface area contributed by atoms with E-state index in [1.165, 1.54) is 11.1 Å². The van der Waals surface area contributed by atoms with Crippen LogP contribution in [0.5, 0.6) is 0 Å². The molecule has 46 heavy (non-hydrogen) atoms. The molecule has 4 heterocycles. The Kier molecular flexibility index (Phi) is 12.1. The van der Waals surface area contributed by atoms with E-state index in [1.807, 2.05) is 69.4 Å². The molecule has 2 amide bonds. The molecule has 8 nitrogen and oxygen atoms in total. The van der Waals surface area contributed by atoms with Gasteiger partial charge in [-0.2, -0.15) is 0 Å². The Balaban J connectivity index is 0.000000181. The number of carbonyl (C=O) groups excluding carboxylic acids is 2. The summed E-state index contributed by atoms with van der Waals surface area (Å²) in [7, 11) is 0. The lowest BCUT2D eigenvalue weighted by atomic mass is 10.1. The van der Waals surface area contributed by atoms with E-state index in [2.05, 4.69) is 57.2 Å². The Bertz CT molecular complexity index is 1440. The van der Waals surface area contributed by atoms with Crippen LogP contribution in [0.15, 0.2) is 84.8 Å². The quantitative estimate of drug-likeness (QED) is 0.205. The van der Waals surface area contributed by atoms with Crippen LogP contribution in [0.4, 0.5) is 10.3 Å². The summed E-state index contributed by atoms with van der Waals surface area (Å²) in [5.41, 5.74) is 4.59. The molecule has 10 heteroatoms. The smallest absolute Gasteiger partial charge is 0.223 e. The van der Waals surface area contributed by atoms with E-state index < -0.39 is 0 Å². The van der Waals surface area contributed by atoms with Gasteiger partial charge in [-0.1, -0.05) is 73.8 Å². The van der Waals surface area contributed by atoms with Gasteiger partial charge in [0.15, 0.2) is 10.3 Å². The number of carbonyl (C=O) groups is 2. The Morgan fingerprint density at radius 1 is 0.652 bits per heavy atom. The summed E-state index contributed by atoms with van der Waals surface area (Å²) >= 11 is 3.31. The number of piperazine rings is 2. The van der Waals surface area contributed by atoms with Crippen molar-refractivity contribution in [1.29, 1.82) is 0 Å². The van der Waals surface area contributed by atoms with E-state index >= 15 is 0 Å². The number of anilines is 2. The predicted octanol–water partition coefficient (Wildman–Crippen LogP) is 6.14. The lowest BCUT2D eigenvalue weighted by Gasteiger charge is -2.34. The molecule has 2 saturated heterocycles. The zero-order valence-corrected chi connectivity index (χ0v) is 27.9. The molecule has 0 aliphatic carbocycles. The average Bonchev–Trinajstić information content (AvgIpc) is 3.86. The Morgan fingerprint density at radius 2 is 1.07 bits per heavy atom. The maximum Gasteiger partial charge on any atom is 0.223 e. The van der Waals surface area contributed by atoms with Crippen molar-refractivity contribution in [1.82, 2.24) is 19.8 Å². The Labute approximate surface area is 280 Å². The number of nitrogens with zero attached hydrogens (tertiary/aromatic N) is 6. The van der Waals surface area contributed by atoms with Gasteiger partial charge in [-0.3, -0.25) is 9.59 Å². The van der Waals surface area contributed by atoms with Crippen LogP contribution in [0.1, 0.15) is 35.1 Å². The number of aryl methyl sites for hydroxylation is 2. The highest BCUT2D eigenvalue weighted by Gasteiger charge is 2.23. The van der Waals surface area contributed by atoms with E-state index in [0.29, 0.717) is 12.8 Å². The van der Waals surface area contributed by atoms with Crippen molar-refractivity contribution in [3.8, 4) is 0 Å². The van der Waals surface area contributed by atoms with Gasteiger partial charge in [-0.15, -0.1) is 22.7 Å². The number of aromatic nitrogens is 2. The molecule has 2 aromatic carbocycles. The van der Waals surface area contributed by atoms with Crippen molar-refractivity contribution in [2.45, 2.75) is 25.7 Å². The summed E-state index contributed by atoms with van der Waals surface area (Å²) in [6.07, 6.45) is 10.0. The molecule has 4 aromatic rings. The van der Waals surface area contributed by atoms with Crippen LogP contribution in [0.25, 0.3) is 12.2 Å². The van der Waals surface area contributed by atoms with Gasteiger partial charge < -0.3 is 19.6 Å². The van der Waals surface area contributed by atoms with E-state index in [0.717, 1.165) is 86.6 Å². The average molecular weight is 655 g/mol. The van der Waals surface area contributed by atoms with Crippen molar-refractivity contribution < 1.29 is 9.59 Å². The topological polar surface area (TPSA) is 72.9 Å². The van der Waals surface area contributed by atoms with Gasteiger partial charge in [-0.05, 0) is 35.1 Å². The fraction of sp³-hybridized carbons (Fsp3) is 0.333. The fourth-order valence-electron chi connectivity index (χ4n) is 5.61. The molecule has 0 saturated carbocycles. The van der Waals surface area contributed by atoms with Gasteiger partial charge in [0.05, 0.1) is 0 Å². The summed E-state index contributed by atoms with van der Waals surface area (Å²) in [5.74, 6) is 0.487. The monoisotopic (exact) mass is 654 g/mol. The lowest BCUT2D eigenvalue weighted by Crippen LogP contribution is -2.48. The number of thiazole rings is 2. The third kappa shape index (κ3) is 9.37. The van der Waals surface area contributed by atoms with Crippen LogP contribution in [-0.2, 0) is 22.4 Å². The molecule has 0 atom stereocenters. The van der Waals surface area contributed by atoms with Gasteiger partial charge >= 0.3 is 0 Å². The second-order valence-corrected chi connectivity index (χ2v) is 13.0. The molecule has 2 aromatic heterocycles. The van der Waals surface area contributed by atoms with Gasteiger partial charge in [0, 0.05) is 88.4 Å². The maximum atomic E-state index is 12.4. The largest absolute Gasteiger partial charge is 0.345 e. The van der Waals surface area contributed by atoms with Gasteiger partial charge in [-0.25, -0.2) is 9.97 Å². The molecule has 2 aliphatic rings. The van der Waals surface area contributed by atoms with E-state index in [4.69, 9.17) is 0 Å². The molecule has 0 radical (unpaired) electrons. The molecule has 0 spiro atoms. The second kappa shape index (κ2) is 16.9. The highest BCUT2D eigenvalue weighted by molar-refractivity contribution is 7.13. The zero-order chi connectivity index (χ0) is 32.1. The number of benzene rings is 2. The van der Waals surface area contributed by atoms with Crippen LogP contribution in [0.2, 0.25) is 0 Å². The molecule has 2 aliphatic heterocycles. The third-order valence-corrected chi connectivity index (χ3v) is 9.94. The molecule has 2 fully saturated rings. The minimum absolute atomic E-state index is 0.243. The fourth-order valence-corrected chi connectivity index (χ4v) is 7.00. The SMILES string of the molecule is C=Cc1cccc(CCC(=O)N2CCN(c3nccs3)CC2)c1.C=Cc1cccc(CCC(=O)N2CCN(c3nccs3)CC2)c1. The van der Waals surface area contributed by atoms with Crippen LogP contribution in [0.3, 0.4) is 0 Å². The van der Waals surface area contributed by atoms with E-state index in [9.17, 15) is 9.59 Å². The predicted molar refractivity (Wildman–Crippen MR) is 192 cm³/mol. The summed E-state index contributed by atoms with van der Waals surface area (Å²) in [5, 5.41) is 6.09. The Hall–Kier alpha value is -4.28. The van der Waals surface area contributed by atoms with Gasteiger partial charge in [0.1, 0.15) is 0 Å². The number of hydrogen-bond acceptors (Lipinski definition) is 8. The minimum Gasteiger partial charge on any atom is -0.345 e. The molecular weight excluding hydrogens is 613 g/mol. The lowest BCUT2D eigenvalue weighted by molar-refractivity contribution is -0.132. The molecule has 0 N–H and O–H groups in total. The number of hydrogen-bond donors (Lipinski definition) is 0. The summed E-state index contributed by atoms with van der Waals surface area (Å²) in [4.78, 5) is 41.9. The second-order valence-electron chi connectivity index (χ2n) is 11.3. The summed E-state index contributed by atoms with van der Waals surface area (Å²) in [6, 6.07) is 16.4. The summed E-state index contributed by atoms with van der Waals surface area (Å²) < 4.78 is 0. The highest BCUT2D eigenvalue weighted by atomic mass is 32.1. The van der Waals surface area contributed by atoms with Crippen LogP contribution in [0, 0.1) is 0 Å². The maximum absolute atomic E-state index is 12.4. The third-order valence-electron chi connectivity index (χ3n) is 8.27. The highest BCUT2D eigenvalue weighted by Crippen LogP contribution is 2.21. The number of amides is 2. The van der Waals surface area contributed by atoms with Crippen LogP contribution < -0.4 is 9.80 Å². The van der Waals surface area contributed by atoms with Crippen molar-refractivity contribution in [3.63, 3.8) is 0 Å². The van der Waals surface area contributed by atoms with Crippen molar-refractivity contribution in [2.24, 2.45) is 0 Å². The van der Waals surface area contributed by atoms with Crippen molar-refractivity contribution in [2.75, 3.05) is 62.2 Å². The first-order chi connectivity index (χ1) is 22.5. The Morgan fingerprint density at radius 3 is 1.41 bits per heavy atom. The first-order valence-corrected chi connectivity index (χ1v) is 17.6. The standard InChI is InChI=1S/2C18H21N3OS/c2*1-2-15-4-3-5-16(14-15)6-7-17(22)20-9-11-21(12-10-20)18-19-8-13-23-18/h2*2-5,8,13-14H,1,6-7,9-12H2. The van der Waals surface area contributed by atoms with Crippen molar-refractivity contribution >= 4 is 56.9 Å². The van der Waals surface area contributed by atoms with Crippen LogP contribution >= 0.6 is 22.7 Å². The first-order valence-electron chi connectivity index (χ1n) is 15.8. The molecule has 0 unspecified atom stereocenters. The molecular formula is C36H42N6O2S2. The minimum atomic E-state index is 0.243. The number of rotatable bonds is 10. The van der Waals surface area contributed by atoms with Crippen LogP contribution in [-0.4, -0.2) is 83.9 Å². The van der Waals surface area contributed by atoms with Crippen molar-refractivity contribution in [3.05, 3.63) is 107 Å². The van der Waals surface area contributed by atoms with E-state index in [-0.39, 0.29) is 11.8 Å². The first kappa shape index (κ1) is 33.1. The van der Waals surface area contributed by atoms with Gasteiger partial charge in [0.25, 0.3) is 0 Å².